The van der Waals surface area contributed by atoms with Crippen LogP contribution in [0.3, 0.4) is 0 Å². The number of primary sulfonamides is 1. The Morgan fingerprint density at radius 2 is 1.94 bits per heavy atom. The largest absolute Gasteiger partial charge is 0.394 e. The SMILES string of the molecule is CC(C)[C@@H](CO)Nc1ccccc1S(N)(=O)=O. The number of anilines is 1. The van der Waals surface area contributed by atoms with Crippen molar-refractivity contribution < 1.29 is 13.5 Å². The van der Waals surface area contributed by atoms with Gasteiger partial charge in [0, 0.05) is 0 Å². The van der Waals surface area contributed by atoms with Gasteiger partial charge in [-0.15, -0.1) is 0 Å². The molecule has 1 atom stereocenters. The van der Waals surface area contributed by atoms with Gasteiger partial charge in [-0.05, 0) is 18.1 Å². The molecule has 0 heterocycles. The molecular weight excluding hydrogens is 240 g/mol. The van der Waals surface area contributed by atoms with Crippen molar-refractivity contribution in [3.63, 3.8) is 0 Å². The molecule has 0 aliphatic rings. The summed E-state index contributed by atoms with van der Waals surface area (Å²) in [5.74, 6) is 0.175. The van der Waals surface area contributed by atoms with Crippen LogP contribution in [-0.4, -0.2) is 26.2 Å². The second-order valence-electron chi connectivity index (χ2n) is 4.22. The number of nitrogens with one attached hydrogen (secondary N) is 1. The molecule has 1 aromatic carbocycles. The van der Waals surface area contributed by atoms with E-state index in [0.29, 0.717) is 5.69 Å². The van der Waals surface area contributed by atoms with Gasteiger partial charge in [-0.2, -0.15) is 0 Å². The first-order valence-corrected chi connectivity index (χ1v) is 6.90. The average Bonchev–Trinajstić information content (AvgIpc) is 2.24. The highest BCUT2D eigenvalue weighted by atomic mass is 32.2. The Morgan fingerprint density at radius 3 is 2.41 bits per heavy atom. The highest BCUT2D eigenvalue weighted by molar-refractivity contribution is 7.89. The number of benzene rings is 1. The van der Waals surface area contributed by atoms with E-state index in [1.807, 2.05) is 13.8 Å². The lowest BCUT2D eigenvalue weighted by molar-refractivity contribution is 0.249. The van der Waals surface area contributed by atoms with E-state index >= 15 is 0 Å². The smallest absolute Gasteiger partial charge is 0.240 e. The van der Waals surface area contributed by atoms with Gasteiger partial charge >= 0.3 is 0 Å². The van der Waals surface area contributed by atoms with Crippen LogP contribution in [0.15, 0.2) is 29.2 Å². The molecule has 17 heavy (non-hydrogen) atoms. The molecule has 0 bridgehead atoms. The van der Waals surface area contributed by atoms with E-state index in [0.717, 1.165) is 0 Å². The number of sulfonamides is 1. The summed E-state index contributed by atoms with van der Waals surface area (Å²) < 4.78 is 22.7. The summed E-state index contributed by atoms with van der Waals surface area (Å²) in [6, 6.07) is 6.18. The van der Waals surface area contributed by atoms with Crippen molar-refractivity contribution >= 4 is 15.7 Å². The maximum atomic E-state index is 11.4. The molecule has 5 nitrogen and oxygen atoms in total. The molecule has 0 spiro atoms. The summed E-state index contributed by atoms with van der Waals surface area (Å²) >= 11 is 0. The Hall–Kier alpha value is -1.11. The van der Waals surface area contributed by atoms with Crippen molar-refractivity contribution in [3.05, 3.63) is 24.3 Å². The zero-order valence-electron chi connectivity index (χ0n) is 9.92. The minimum Gasteiger partial charge on any atom is -0.394 e. The first-order valence-electron chi connectivity index (χ1n) is 5.35. The van der Waals surface area contributed by atoms with Crippen LogP contribution in [0, 0.1) is 5.92 Å². The molecule has 6 heteroatoms. The van der Waals surface area contributed by atoms with Gasteiger partial charge in [0.2, 0.25) is 10.0 Å². The first-order chi connectivity index (χ1) is 7.86. The molecule has 0 fully saturated rings. The van der Waals surface area contributed by atoms with Crippen LogP contribution in [0.5, 0.6) is 0 Å². The third-order valence-electron chi connectivity index (χ3n) is 2.54. The lowest BCUT2D eigenvalue weighted by atomic mass is 10.1. The van der Waals surface area contributed by atoms with E-state index in [-0.39, 0.29) is 23.5 Å². The Kier molecular flexibility index (Phi) is 4.50. The van der Waals surface area contributed by atoms with E-state index in [1.54, 1.807) is 18.2 Å². The summed E-state index contributed by atoms with van der Waals surface area (Å²) in [7, 11) is -3.76. The first kappa shape index (κ1) is 14.0. The fourth-order valence-corrected chi connectivity index (χ4v) is 2.16. The molecule has 0 saturated heterocycles. The number of para-hydroxylation sites is 1. The van der Waals surface area contributed by atoms with Crippen LogP contribution >= 0.6 is 0 Å². The van der Waals surface area contributed by atoms with Crippen LogP contribution < -0.4 is 10.5 Å². The van der Waals surface area contributed by atoms with Gasteiger partial charge in [0.1, 0.15) is 4.90 Å². The molecule has 0 amide bonds. The number of aliphatic hydroxyl groups is 1. The Balaban J connectivity index is 3.07. The maximum absolute atomic E-state index is 11.4. The predicted octanol–water partition coefficient (Wildman–Crippen LogP) is 0.763. The third kappa shape index (κ3) is 3.69. The monoisotopic (exact) mass is 258 g/mol. The molecular formula is C11H18N2O3S. The highest BCUT2D eigenvalue weighted by Gasteiger charge is 2.17. The Labute approximate surface area is 102 Å². The van der Waals surface area contributed by atoms with Crippen molar-refractivity contribution in [2.75, 3.05) is 11.9 Å². The van der Waals surface area contributed by atoms with Crippen molar-refractivity contribution in [1.29, 1.82) is 0 Å². The number of hydrogen-bond donors (Lipinski definition) is 3. The minimum atomic E-state index is -3.76. The van der Waals surface area contributed by atoms with Crippen LogP contribution in [0.25, 0.3) is 0 Å². The van der Waals surface area contributed by atoms with Crippen LogP contribution in [0.2, 0.25) is 0 Å². The molecule has 0 aliphatic carbocycles. The van der Waals surface area contributed by atoms with Crippen molar-refractivity contribution in [2.24, 2.45) is 11.1 Å². The van der Waals surface area contributed by atoms with E-state index in [1.165, 1.54) is 6.07 Å². The number of nitrogens with two attached hydrogens (primary N) is 1. The number of hydrogen-bond acceptors (Lipinski definition) is 4. The van der Waals surface area contributed by atoms with Crippen LogP contribution in [0.4, 0.5) is 5.69 Å². The summed E-state index contributed by atoms with van der Waals surface area (Å²) in [6.45, 7) is 3.80. The van der Waals surface area contributed by atoms with E-state index < -0.39 is 10.0 Å². The summed E-state index contributed by atoms with van der Waals surface area (Å²) in [5.41, 5.74) is 0.419. The zero-order chi connectivity index (χ0) is 13.1. The highest BCUT2D eigenvalue weighted by Crippen LogP contribution is 2.21. The van der Waals surface area contributed by atoms with Gasteiger partial charge in [-0.25, -0.2) is 13.6 Å². The topological polar surface area (TPSA) is 92.4 Å². The fraction of sp³-hybridized carbons (Fsp3) is 0.455. The van der Waals surface area contributed by atoms with Crippen molar-refractivity contribution in [1.82, 2.24) is 0 Å². The van der Waals surface area contributed by atoms with Crippen LogP contribution in [-0.2, 0) is 10.0 Å². The Morgan fingerprint density at radius 1 is 1.35 bits per heavy atom. The molecule has 0 aliphatic heterocycles. The third-order valence-corrected chi connectivity index (χ3v) is 3.50. The molecule has 4 N–H and O–H groups in total. The Bertz CT molecular complexity index is 471. The van der Waals surface area contributed by atoms with Gasteiger partial charge in [-0.3, -0.25) is 0 Å². The van der Waals surface area contributed by atoms with Gasteiger partial charge in [0.25, 0.3) is 0 Å². The fourth-order valence-electron chi connectivity index (χ4n) is 1.46. The van der Waals surface area contributed by atoms with E-state index in [4.69, 9.17) is 5.14 Å². The van der Waals surface area contributed by atoms with Crippen molar-refractivity contribution in [2.45, 2.75) is 24.8 Å². The zero-order valence-corrected chi connectivity index (χ0v) is 10.7. The molecule has 96 valence electrons. The van der Waals surface area contributed by atoms with E-state index in [2.05, 4.69) is 5.32 Å². The number of rotatable bonds is 5. The predicted molar refractivity (Wildman–Crippen MR) is 67.1 cm³/mol. The minimum absolute atomic E-state index is 0.0408. The summed E-state index contributed by atoms with van der Waals surface area (Å²) in [5, 5.41) is 17.3. The molecule has 0 unspecified atom stereocenters. The van der Waals surface area contributed by atoms with E-state index in [9.17, 15) is 13.5 Å². The molecule has 0 radical (unpaired) electrons. The lowest BCUT2D eigenvalue weighted by Gasteiger charge is -2.22. The standard InChI is InChI=1S/C11H18N2O3S/c1-8(2)10(7-14)13-9-5-3-4-6-11(9)17(12,15)16/h3-6,8,10,13-14H,7H2,1-2H3,(H2,12,15,16)/t10-/m1/s1. The molecule has 0 aromatic heterocycles. The average molecular weight is 258 g/mol. The maximum Gasteiger partial charge on any atom is 0.240 e. The van der Waals surface area contributed by atoms with Gasteiger partial charge < -0.3 is 10.4 Å². The lowest BCUT2D eigenvalue weighted by Crippen LogP contribution is -2.30. The quantitative estimate of drug-likeness (QED) is 0.727. The van der Waals surface area contributed by atoms with Gasteiger partial charge in [-0.1, -0.05) is 26.0 Å². The number of aliphatic hydroxyl groups excluding tert-OH is 1. The molecule has 1 aromatic rings. The molecule has 0 saturated carbocycles. The summed E-state index contributed by atoms with van der Waals surface area (Å²) in [4.78, 5) is 0.0408. The van der Waals surface area contributed by atoms with Crippen LogP contribution in [0.1, 0.15) is 13.8 Å². The second kappa shape index (κ2) is 5.48. The van der Waals surface area contributed by atoms with Gasteiger partial charge in [0.05, 0.1) is 18.3 Å². The molecule has 1 rings (SSSR count). The summed E-state index contributed by atoms with van der Waals surface area (Å²) in [6.07, 6.45) is 0. The second-order valence-corrected chi connectivity index (χ2v) is 5.75. The van der Waals surface area contributed by atoms with Crippen molar-refractivity contribution in [3.8, 4) is 0 Å². The van der Waals surface area contributed by atoms with Gasteiger partial charge in [0.15, 0.2) is 0 Å². The normalized spacial score (nSPS) is 13.7.